The minimum atomic E-state index is -3.60. The third-order valence-corrected chi connectivity index (χ3v) is 4.76. The summed E-state index contributed by atoms with van der Waals surface area (Å²) in [6, 6.07) is 9.89. The fourth-order valence-electron chi connectivity index (χ4n) is 1.70. The highest BCUT2D eigenvalue weighted by molar-refractivity contribution is 9.10. The second kappa shape index (κ2) is 7.11. The first-order valence-electron chi connectivity index (χ1n) is 6.85. The van der Waals surface area contributed by atoms with Crippen LogP contribution >= 0.6 is 15.9 Å². The Balaban J connectivity index is 2.08. The van der Waals surface area contributed by atoms with E-state index >= 15 is 0 Å². The van der Waals surface area contributed by atoms with Crippen molar-refractivity contribution in [2.45, 2.75) is 18.7 Å². The van der Waals surface area contributed by atoms with Crippen molar-refractivity contribution in [2.75, 3.05) is 16.6 Å². The Labute approximate surface area is 139 Å². The maximum Gasteiger partial charge on any atom is 0.261 e. The zero-order chi connectivity index (χ0) is 16.2. The van der Waals surface area contributed by atoms with Crippen molar-refractivity contribution < 1.29 is 8.42 Å². The third kappa shape index (κ3) is 4.71. The first-order chi connectivity index (χ1) is 10.4. The summed E-state index contributed by atoms with van der Waals surface area (Å²) in [5, 5.41) is 3.18. The molecule has 0 aliphatic heterocycles. The minimum absolute atomic E-state index is 0.206. The number of aromatic nitrogens is 1. The van der Waals surface area contributed by atoms with Crippen LogP contribution in [0.4, 0.5) is 11.5 Å². The van der Waals surface area contributed by atoms with Gasteiger partial charge in [0.2, 0.25) is 0 Å². The highest BCUT2D eigenvalue weighted by atomic mass is 79.9. The first kappa shape index (κ1) is 16.8. The summed E-state index contributed by atoms with van der Waals surface area (Å²) in [6.45, 7) is 5.03. The molecule has 0 saturated heterocycles. The number of anilines is 2. The van der Waals surface area contributed by atoms with E-state index in [0.29, 0.717) is 11.6 Å². The smallest absolute Gasteiger partial charge is 0.261 e. The molecule has 0 bridgehead atoms. The van der Waals surface area contributed by atoms with Gasteiger partial charge in [0, 0.05) is 11.0 Å². The Morgan fingerprint density at radius 3 is 2.36 bits per heavy atom. The highest BCUT2D eigenvalue weighted by Crippen LogP contribution is 2.18. The second-order valence-electron chi connectivity index (χ2n) is 5.27. The molecule has 1 aromatic heterocycles. The maximum absolute atomic E-state index is 12.2. The summed E-state index contributed by atoms with van der Waals surface area (Å²) in [5.41, 5.74) is 0.429. The number of nitrogens with one attached hydrogen (secondary N) is 2. The van der Waals surface area contributed by atoms with Gasteiger partial charge in [-0.15, -0.1) is 0 Å². The molecule has 7 heteroatoms. The summed E-state index contributed by atoms with van der Waals surface area (Å²) < 4.78 is 27.8. The van der Waals surface area contributed by atoms with Crippen molar-refractivity contribution in [3.05, 3.63) is 47.1 Å². The summed E-state index contributed by atoms with van der Waals surface area (Å²) in [5.74, 6) is 1.23. The topological polar surface area (TPSA) is 71.1 Å². The predicted molar refractivity (Wildman–Crippen MR) is 92.5 cm³/mol. The molecule has 0 atom stereocenters. The summed E-state index contributed by atoms with van der Waals surface area (Å²) in [7, 11) is -3.60. The molecule has 0 aliphatic carbocycles. The number of hydrogen-bond acceptors (Lipinski definition) is 4. The predicted octanol–water partition coefficient (Wildman–Crippen LogP) is 3.71. The fraction of sp³-hybridized carbons (Fsp3) is 0.267. The molecule has 0 fully saturated rings. The summed E-state index contributed by atoms with van der Waals surface area (Å²) >= 11 is 3.28. The van der Waals surface area contributed by atoms with E-state index in [2.05, 4.69) is 44.8 Å². The van der Waals surface area contributed by atoms with Gasteiger partial charge in [0.25, 0.3) is 10.0 Å². The van der Waals surface area contributed by atoms with Crippen LogP contribution in [0.15, 0.2) is 52.0 Å². The van der Waals surface area contributed by atoms with Gasteiger partial charge in [0.1, 0.15) is 5.82 Å². The van der Waals surface area contributed by atoms with Crippen molar-refractivity contribution >= 4 is 37.5 Å². The Morgan fingerprint density at radius 1 is 1.14 bits per heavy atom. The van der Waals surface area contributed by atoms with Crippen molar-refractivity contribution in [3.8, 4) is 0 Å². The van der Waals surface area contributed by atoms with E-state index < -0.39 is 10.0 Å². The van der Waals surface area contributed by atoms with Crippen molar-refractivity contribution in [1.29, 1.82) is 0 Å². The molecular weight excluding hydrogens is 366 g/mol. The first-order valence-corrected chi connectivity index (χ1v) is 9.13. The van der Waals surface area contributed by atoms with Crippen LogP contribution < -0.4 is 10.0 Å². The van der Waals surface area contributed by atoms with Crippen LogP contribution in [0.5, 0.6) is 0 Å². The molecule has 0 amide bonds. The second-order valence-corrected chi connectivity index (χ2v) is 7.86. The Hall–Kier alpha value is -1.60. The lowest BCUT2D eigenvalue weighted by molar-refractivity contribution is 0.601. The molecule has 0 unspecified atom stereocenters. The van der Waals surface area contributed by atoms with Crippen LogP contribution in [0.25, 0.3) is 0 Å². The molecule has 0 radical (unpaired) electrons. The minimum Gasteiger partial charge on any atom is -0.370 e. The number of hydrogen-bond donors (Lipinski definition) is 2. The number of pyridine rings is 1. The molecule has 5 nitrogen and oxygen atoms in total. The molecule has 22 heavy (non-hydrogen) atoms. The molecule has 0 spiro atoms. The Bertz CT molecular complexity index is 713. The molecule has 2 rings (SSSR count). The number of nitrogens with zero attached hydrogens (tertiary/aromatic N) is 1. The van der Waals surface area contributed by atoms with Gasteiger partial charge in [-0.2, -0.15) is 0 Å². The lowest BCUT2D eigenvalue weighted by atomic mass is 10.2. The molecular formula is C15H18BrN3O2S. The van der Waals surface area contributed by atoms with E-state index in [9.17, 15) is 8.42 Å². The standard InChI is InChI=1S/C15H18BrN3O2S/c1-11(2)9-17-15-8-5-13(10-18-15)19-22(20,21)14-6-3-12(16)4-7-14/h3-8,10-11,19H,9H2,1-2H3,(H,17,18). The average molecular weight is 384 g/mol. The summed E-state index contributed by atoms with van der Waals surface area (Å²) in [6.07, 6.45) is 1.50. The monoisotopic (exact) mass is 383 g/mol. The molecule has 2 N–H and O–H groups in total. The maximum atomic E-state index is 12.2. The Morgan fingerprint density at radius 2 is 1.82 bits per heavy atom. The number of benzene rings is 1. The molecule has 1 heterocycles. The number of sulfonamides is 1. The van der Waals surface area contributed by atoms with Gasteiger partial charge in [0.05, 0.1) is 16.8 Å². The summed E-state index contributed by atoms with van der Waals surface area (Å²) in [4.78, 5) is 4.40. The average Bonchev–Trinajstić information content (AvgIpc) is 2.46. The van der Waals surface area contributed by atoms with Crippen molar-refractivity contribution in [1.82, 2.24) is 4.98 Å². The van der Waals surface area contributed by atoms with E-state index in [0.717, 1.165) is 16.8 Å². The van der Waals surface area contributed by atoms with Gasteiger partial charge in [-0.1, -0.05) is 29.8 Å². The van der Waals surface area contributed by atoms with Crippen LogP contribution in [0, 0.1) is 5.92 Å². The lowest BCUT2D eigenvalue weighted by Crippen LogP contribution is -2.13. The van der Waals surface area contributed by atoms with Gasteiger partial charge in [-0.3, -0.25) is 4.72 Å². The van der Waals surface area contributed by atoms with Crippen LogP contribution in [0.2, 0.25) is 0 Å². The Kier molecular flexibility index (Phi) is 5.42. The van der Waals surface area contributed by atoms with Gasteiger partial charge in [-0.05, 0) is 42.3 Å². The SMILES string of the molecule is CC(C)CNc1ccc(NS(=O)(=O)c2ccc(Br)cc2)cn1. The van der Waals surface area contributed by atoms with E-state index in [1.165, 1.54) is 6.20 Å². The molecule has 0 saturated carbocycles. The molecule has 2 aromatic rings. The third-order valence-electron chi connectivity index (χ3n) is 2.83. The quantitative estimate of drug-likeness (QED) is 0.797. The molecule has 0 aliphatic rings. The fourth-order valence-corrected chi connectivity index (χ4v) is 3.00. The van der Waals surface area contributed by atoms with E-state index in [4.69, 9.17) is 0 Å². The molecule has 118 valence electrons. The van der Waals surface area contributed by atoms with Crippen LogP contribution in [0.1, 0.15) is 13.8 Å². The molecule has 1 aromatic carbocycles. The van der Waals surface area contributed by atoms with Crippen molar-refractivity contribution in [2.24, 2.45) is 5.92 Å². The van der Waals surface area contributed by atoms with Crippen LogP contribution in [0.3, 0.4) is 0 Å². The zero-order valence-corrected chi connectivity index (χ0v) is 14.8. The lowest BCUT2D eigenvalue weighted by Gasteiger charge is -2.10. The normalized spacial score (nSPS) is 11.5. The largest absolute Gasteiger partial charge is 0.370 e. The zero-order valence-electron chi connectivity index (χ0n) is 12.4. The van der Waals surface area contributed by atoms with E-state index in [-0.39, 0.29) is 4.90 Å². The number of halogens is 1. The van der Waals surface area contributed by atoms with Gasteiger partial charge in [0.15, 0.2) is 0 Å². The van der Waals surface area contributed by atoms with Gasteiger partial charge >= 0.3 is 0 Å². The number of rotatable bonds is 6. The van der Waals surface area contributed by atoms with E-state index in [1.54, 1.807) is 36.4 Å². The van der Waals surface area contributed by atoms with Crippen LogP contribution in [-0.4, -0.2) is 19.9 Å². The van der Waals surface area contributed by atoms with Crippen molar-refractivity contribution in [3.63, 3.8) is 0 Å². The van der Waals surface area contributed by atoms with Crippen LogP contribution in [-0.2, 0) is 10.0 Å². The van der Waals surface area contributed by atoms with Gasteiger partial charge < -0.3 is 5.32 Å². The highest BCUT2D eigenvalue weighted by Gasteiger charge is 2.14. The van der Waals surface area contributed by atoms with E-state index in [1.807, 2.05) is 0 Å². The van der Waals surface area contributed by atoms with Gasteiger partial charge in [-0.25, -0.2) is 13.4 Å².